The Bertz CT molecular complexity index is 554. The number of aryl methyl sites for hydroxylation is 1. The quantitative estimate of drug-likeness (QED) is 0.796. The standard InChI is InChI=1S/C15H19BrN4/c1-11-4-5-13(16)8-14(11)12-9-19-15(20-10-12)18-7-3-6-17-2/h4-5,8-10,17H,3,6-7H2,1-2H3,(H,18,19,20). The van der Waals surface area contributed by atoms with Crippen LogP contribution in [0.5, 0.6) is 0 Å². The van der Waals surface area contributed by atoms with Crippen molar-refractivity contribution in [3.8, 4) is 11.1 Å². The van der Waals surface area contributed by atoms with Crippen LogP contribution in [0, 0.1) is 6.92 Å². The molecule has 0 saturated heterocycles. The maximum absolute atomic E-state index is 4.37. The molecule has 20 heavy (non-hydrogen) atoms. The summed E-state index contributed by atoms with van der Waals surface area (Å²) in [7, 11) is 1.95. The summed E-state index contributed by atoms with van der Waals surface area (Å²) in [5, 5.41) is 6.32. The van der Waals surface area contributed by atoms with Gasteiger partial charge in [0.05, 0.1) is 0 Å². The van der Waals surface area contributed by atoms with Gasteiger partial charge in [0.15, 0.2) is 0 Å². The number of nitrogens with one attached hydrogen (secondary N) is 2. The fraction of sp³-hybridized carbons (Fsp3) is 0.333. The molecule has 5 heteroatoms. The van der Waals surface area contributed by atoms with Crippen molar-refractivity contribution in [2.75, 3.05) is 25.5 Å². The van der Waals surface area contributed by atoms with Gasteiger partial charge in [0.1, 0.15) is 0 Å². The number of hydrogen-bond acceptors (Lipinski definition) is 4. The van der Waals surface area contributed by atoms with Crippen molar-refractivity contribution < 1.29 is 0 Å². The lowest BCUT2D eigenvalue weighted by molar-refractivity contribution is 0.745. The molecule has 106 valence electrons. The minimum atomic E-state index is 0.678. The molecule has 0 radical (unpaired) electrons. The van der Waals surface area contributed by atoms with E-state index in [9.17, 15) is 0 Å². The Morgan fingerprint density at radius 2 is 1.90 bits per heavy atom. The summed E-state index contributed by atoms with van der Waals surface area (Å²) in [5.41, 5.74) is 3.40. The van der Waals surface area contributed by atoms with Gasteiger partial charge in [-0.2, -0.15) is 0 Å². The molecule has 0 atom stereocenters. The van der Waals surface area contributed by atoms with Crippen LogP contribution in [0.3, 0.4) is 0 Å². The van der Waals surface area contributed by atoms with Crippen LogP contribution in [-0.2, 0) is 0 Å². The van der Waals surface area contributed by atoms with Crippen molar-refractivity contribution >= 4 is 21.9 Å². The summed E-state index contributed by atoms with van der Waals surface area (Å²) in [5.74, 6) is 0.678. The van der Waals surface area contributed by atoms with Crippen LogP contribution in [0.2, 0.25) is 0 Å². The van der Waals surface area contributed by atoms with Crippen molar-refractivity contribution in [2.45, 2.75) is 13.3 Å². The first-order valence-corrected chi connectivity index (χ1v) is 7.47. The first-order valence-electron chi connectivity index (χ1n) is 6.68. The predicted molar refractivity (Wildman–Crippen MR) is 86.9 cm³/mol. The molecule has 0 fully saturated rings. The number of hydrogen-bond donors (Lipinski definition) is 2. The number of aromatic nitrogens is 2. The molecular weight excluding hydrogens is 316 g/mol. The van der Waals surface area contributed by atoms with E-state index < -0.39 is 0 Å². The molecule has 0 bridgehead atoms. The van der Waals surface area contributed by atoms with Crippen LogP contribution >= 0.6 is 15.9 Å². The van der Waals surface area contributed by atoms with Crippen molar-refractivity contribution in [1.29, 1.82) is 0 Å². The summed E-state index contributed by atoms with van der Waals surface area (Å²) in [4.78, 5) is 8.73. The lowest BCUT2D eigenvalue weighted by Gasteiger charge is -2.08. The van der Waals surface area contributed by atoms with Crippen LogP contribution in [0.15, 0.2) is 35.1 Å². The SMILES string of the molecule is CNCCCNc1ncc(-c2cc(Br)ccc2C)cn1. The van der Waals surface area contributed by atoms with Gasteiger partial charge in [-0.15, -0.1) is 0 Å². The van der Waals surface area contributed by atoms with Gasteiger partial charge in [-0.25, -0.2) is 9.97 Å². The second-order valence-electron chi connectivity index (χ2n) is 4.64. The number of benzene rings is 1. The monoisotopic (exact) mass is 334 g/mol. The average Bonchev–Trinajstić information content (AvgIpc) is 2.47. The van der Waals surface area contributed by atoms with Crippen LogP contribution in [-0.4, -0.2) is 30.1 Å². The fourth-order valence-corrected chi connectivity index (χ4v) is 2.29. The van der Waals surface area contributed by atoms with Crippen LogP contribution in [0.1, 0.15) is 12.0 Å². The summed E-state index contributed by atoms with van der Waals surface area (Å²) in [6.07, 6.45) is 4.77. The van der Waals surface area contributed by atoms with Gasteiger partial charge in [0, 0.05) is 29.0 Å². The third kappa shape index (κ3) is 4.02. The van der Waals surface area contributed by atoms with E-state index in [0.717, 1.165) is 35.1 Å². The van der Waals surface area contributed by atoms with E-state index in [4.69, 9.17) is 0 Å². The highest BCUT2D eigenvalue weighted by atomic mass is 79.9. The maximum atomic E-state index is 4.37. The number of anilines is 1. The first kappa shape index (κ1) is 14.9. The molecule has 2 N–H and O–H groups in total. The zero-order chi connectivity index (χ0) is 14.4. The van der Waals surface area contributed by atoms with Crippen LogP contribution in [0.4, 0.5) is 5.95 Å². The van der Waals surface area contributed by atoms with Gasteiger partial charge < -0.3 is 10.6 Å². The van der Waals surface area contributed by atoms with E-state index in [1.807, 2.05) is 25.5 Å². The topological polar surface area (TPSA) is 49.8 Å². The molecule has 0 saturated carbocycles. The Kier molecular flexibility index (Phi) is 5.49. The predicted octanol–water partition coefficient (Wildman–Crippen LogP) is 3.24. The highest BCUT2D eigenvalue weighted by molar-refractivity contribution is 9.10. The minimum Gasteiger partial charge on any atom is -0.354 e. The largest absolute Gasteiger partial charge is 0.354 e. The lowest BCUT2D eigenvalue weighted by Crippen LogP contribution is -2.13. The van der Waals surface area contributed by atoms with Gasteiger partial charge in [-0.05, 0) is 50.2 Å². The fourth-order valence-electron chi connectivity index (χ4n) is 1.93. The Balaban J connectivity index is 2.06. The molecule has 0 aliphatic heterocycles. The smallest absolute Gasteiger partial charge is 0.222 e. The Morgan fingerprint density at radius 3 is 2.60 bits per heavy atom. The van der Waals surface area contributed by atoms with Crippen molar-refractivity contribution in [3.05, 3.63) is 40.6 Å². The molecule has 0 unspecified atom stereocenters. The van der Waals surface area contributed by atoms with Crippen molar-refractivity contribution in [3.63, 3.8) is 0 Å². The molecule has 0 amide bonds. The second kappa shape index (κ2) is 7.36. The second-order valence-corrected chi connectivity index (χ2v) is 5.55. The van der Waals surface area contributed by atoms with Crippen molar-refractivity contribution in [1.82, 2.24) is 15.3 Å². The number of rotatable bonds is 6. The zero-order valence-electron chi connectivity index (χ0n) is 11.8. The molecule has 1 heterocycles. The van der Waals surface area contributed by atoms with E-state index in [1.165, 1.54) is 5.56 Å². The van der Waals surface area contributed by atoms with Crippen molar-refractivity contribution in [2.24, 2.45) is 0 Å². The summed E-state index contributed by atoms with van der Waals surface area (Å²) in [6.45, 7) is 3.95. The summed E-state index contributed by atoms with van der Waals surface area (Å²) < 4.78 is 1.06. The molecule has 1 aromatic heterocycles. The van der Waals surface area contributed by atoms with E-state index in [-0.39, 0.29) is 0 Å². The highest BCUT2D eigenvalue weighted by Crippen LogP contribution is 2.25. The third-order valence-corrected chi connectivity index (χ3v) is 3.54. The van der Waals surface area contributed by atoms with Gasteiger partial charge in [0.2, 0.25) is 5.95 Å². The molecular formula is C15H19BrN4. The van der Waals surface area contributed by atoms with E-state index in [2.05, 4.69) is 55.6 Å². The maximum Gasteiger partial charge on any atom is 0.222 e. The van der Waals surface area contributed by atoms with Gasteiger partial charge in [0.25, 0.3) is 0 Å². The molecule has 0 spiro atoms. The van der Waals surface area contributed by atoms with E-state index in [1.54, 1.807) is 0 Å². The Labute approximate surface area is 128 Å². The number of nitrogens with zero attached hydrogens (tertiary/aromatic N) is 2. The van der Waals surface area contributed by atoms with Crippen LogP contribution < -0.4 is 10.6 Å². The third-order valence-electron chi connectivity index (χ3n) is 3.05. The van der Waals surface area contributed by atoms with E-state index >= 15 is 0 Å². The van der Waals surface area contributed by atoms with Gasteiger partial charge >= 0.3 is 0 Å². The lowest BCUT2D eigenvalue weighted by atomic mass is 10.0. The van der Waals surface area contributed by atoms with Gasteiger partial charge in [-0.3, -0.25) is 0 Å². The number of halogens is 1. The Morgan fingerprint density at radius 1 is 1.15 bits per heavy atom. The molecule has 0 aliphatic carbocycles. The highest BCUT2D eigenvalue weighted by Gasteiger charge is 2.04. The summed E-state index contributed by atoms with van der Waals surface area (Å²) in [6, 6.07) is 6.22. The molecule has 2 rings (SSSR count). The first-order chi connectivity index (χ1) is 9.70. The normalized spacial score (nSPS) is 10.6. The Hall–Kier alpha value is -1.46. The van der Waals surface area contributed by atoms with E-state index in [0.29, 0.717) is 5.95 Å². The zero-order valence-corrected chi connectivity index (χ0v) is 13.4. The molecule has 4 nitrogen and oxygen atoms in total. The molecule has 1 aromatic carbocycles. The minimum absolute atomic E-state index is 0.678. The molecule has 0 aliphatic rings. The van der Waals surface area contributed by atoms with Gasteiger partial charge in [-0.1, -0.05) is 22.0 Å². The molecule has 2 aromatic rings. The average molecular weight is 335 g/mol. The summed E-state index contributed by atoms with van der Waals surface area (Å²) >= 11 is 3.50. The van der Waals surface area contributed by atoms with Crippen LogP contribution in [0.25, 0.3) is 11.1 Å².